The molecule has 1 fully saturated rings. The Bertz CT molecular complexity index is 412. The van der Waals surface area contributed by atoms with E-state index in [4.69, 9.17) is 0 Å². The lowest BCUT2D eigenvalue weighted by Gasteiger charge is -2.34. The average molecular weight is 273 g/mol. The Morgan fingerprint density at radius 3 is 2.42 bits per heavy atom. The van der Waals surface area contributed by atoms with Gasteiger partial charge in [0.2, 0.25) is 0 Å². The number of halogens is 3. The molecule has 0 amide bonds. The summed E-state index contributed by atoms with van der Waals surface area (Å²) in [5.41, 5.74) is 2.91. The lowest BCUT2D eigenvalue weighted by atomic mass is 10.2. The van der Waals surface area contributed by atoms with E-state index in [1.807, 2.05) is 5.01 Å². The summed E-state index contributed by atoms with van der Waals surface area (Å²) in [6.07, 6.45) is -4.29. The van der Waals surface area contributed by atoms with E-state index in [0.717, 1.165) is 44.9 Å². The first-order valence-corrected chi connectivity index (χ1v) is 6.40. The number of piperazine rings is 1. The molecule has 2 rings (SSSR count). The maximum absolute atomic E-state index is 12.6. The van der Waals surface area contributed by atoms with Crippen LogP contribution in [0.25, 0.3) is 0 Å². The van der Waals surface area contributed by atoms with Gasteiger partial charge in [-0.2, -0.15) is 13.2 Å². The zero-order chi connectivity index (χ0) is 13.9. The summed E-state index contributed by atoms with van der Waals surface area (Å²) < 4.78 is 37.8. The van der Waals surface area contributed by atoms with Gasteiger partial charge in [-0.3, -0.25) is 0 Å². The number of hydrazine groups is 1. The molecule has 1 aromatic rings. The number of hydrogen-bond donors (Lipinski definition) is 1. The molecule has 0 aliphatic carbocycles. The standard InChI is InChI=1S/C13H18F3N3/c1-2-18-6-8-19(9-7-18)17-12-5-3-4-11(10-12)13(14,15)16/h3-5,10,17H,2,6-9H2,1H3. The molecule has 0 spiro atoms. The smallest absolute Gasteiger partial charge is 0.319 e. The third-order valence-corrected chi connectivity index (χ3v) is 3.30. The second-order valence-corrected chi connectivity index (χ2v) is 4.61. The lowest BCUT2D eigenvalue weighted by molar-refractivity contribution is -0.137. The maximum atomic E-state index is 12.6. The number of likely N-dealkylation sites (N-methyl/N-ethyl adjacent to an activating group) is 1. The molecule has 0 aromatic heterocycles. The molecular weight excluding hydrogens is 255 g/mol. The predicted molar refractivity (Wildman–Crippen MR) is 68.8 cm³/mol. The fraction of sp³-hybridized carbons (Fsp3) is 0.538. The monoisotopic (exact) mass is 273 g/mol. The van der Waals surface area contributed by atoms with Gasteiger partial charge in [0.1, 0.15) is 0 Å². The van der Waals surface area contributed by atoms with E-state index in [-0.39, 0.29) is 0 Å². The summed E-state index contributed by atoms with van der Waals surface area (Å²) >= 11 is 0. The highest BCUT2D eigenvalue weighted by molar-refractivity contribution is 5.45. The van der Waals surface area contributed by atoms with Crippen LogP contribution in [0.15, 0.2) is 24.3 Å². The van der Waals surface area contributed by atoms with Gasteiger partial charge < -0.3 is 10.3 Å². The van der Waals surface area contributed by atoms with Crippen molar-refractivity contribution >= 4 is 5.69 Å². The summed E-state index contributed by atoms with van der Waals surface area (Å²) in [6.45, 7) is 6.60. The molecule has 0 bridgehead atoms. The van der Waals surface area contributed by atoms with Crippen LogP contribution < -0.4 is 5.43 Å². The molecule has 6 heteroatoms. The highest BCUT2D eigenvalue weighted by Gasteiger charge is 2.30. The third kappa shape index (κ3) is 3.84. The summed E-state index contributed by atoms with van der Waals surface area (Å²) in [5, 5.41) is 1.96. The summed E-state index contributed by atoms with van der Waals surface area (Å²) in [7, 11) is 0. The van der Waals surface area contributed by atoms with E-state index in [0.29, 0.717) is 5.69 Å². The molecule has 1 N–H and O–H groups in total. The van der Waals surface area contributed by atoms with Crippen molar-refractivity contribution in [3.05, 3.63) is 29.8 Å². The Morgan fingerprint density at radius 1 is 1.16 bits per heavy atom. The Labute approximate surface area is 111 Å². The number of hydrogen-bond acceptors (Lipinski definition) is 3. The van der Waals surface area contributed by atoms with Gasteiger partial charge in [-0.1, -0.05) is 13.0 Å². The highest BCUT2D eigenvalue weighted by Crippen LogP contribution is 2.30. The van der Waals surface area contributed by atoms with E-state index in [1.54, 1.807) is 6.07 Å². The number of nitrogens with zero attached hydrogens (tertiary/aromatic N) is 2. The van der Waals surface area contributed by atoms with Crippen LogP contribution in [-0.2, 0) is 6.18 Å². The van der Waals surface area contributed by atoms with Crippen LogP contribution in [0.4, 0.5) is 18.9 Å². The quantitative estimate of drug-likeness (QED) is 0.913. The van der Waals surface area contributed by atoms with Crippen molar-refractivity contribution in [2.24, 2.45) is 0 Å². The van der Waals surface area contributed by atoms with Gasteiger partial charge in [0.05, 0.1) is 5.56 Å². The molecule has 0 unspecified atom stereocenters. The predicted octanol–water partition coefficient (Wildman–Crippen LogP) is 2.67. The van der Waals surface area contributed by atoms with Crippen molar-refractivity contribution in [1.29, 1.82) is 0 Å². The molecule has 0 atom stereocenters. The van der Waals surface area contributed by atoms with Gasteiger partial charge in [-0.05, 0) is 24.7 Å². The van der Waals surface area contributed by atoms with Crippen LogP contribution in [0.3, 0.4) is 0 Å². The molecule has 19 heavy (non-hydrogen) atoms. The van der Waals surface area contributed by atoms with E-state index in [9.17, 15) is 13.2 Å². The average Bonchev–Trinajstić information content (AvgIpc) is 2.39. The zero-order valence-corrected chi connectivity index (χ0v) is 10.9. The maximum Gasteiger partial charge on any atom is 0.416 e. The first kappa shape index (κ1) is 14.1. The van der Waals surface area contributed by atoms with Crippen molar-refractivity contribution in [2.45, 2.75) is 13.1 Å². The van der Waals surface area contributed by atoms with Gasteiger partial charge in [-0.25, -0.2) is 5.01 Å². The second kappa shape index (κ2) is 5.79. The molecule has 0 radical (unpaired) electrons. The summed E-state index contributed by atoms with van der Waals surface area (Å²) in [6, 6.07) is 5.31. The number of alkyl halides is 3. The minimum atomic E-state index is -4.29. The fourth-order valence-corrected chi connectivity index (χ4v) is 2.12. The molecule has 0 saturated carbocycles. The molecule has 1 heterocycles. The minimum Gasteiger partial charge on any atom is -0.319 e. The minimum absolute atomic E-state index is 0.486. The first-order chi connectivity index (χ1) is 8.99. The second-order valence-electron chi connectivity index (χ2n) is 4.61. The lowest BCUT2D eigenvalue weighted by Crippen LogP contribution is -2.48. The van der Waals surface area contributed by atoms with Crippen molar-refractivity contribution in [2.75, 3.05) is 38.1 Å². The normalized spacial score (nSPS) is 18.5. The highest BCUT2D eigenvalue weighted by atomic mass is 19.4. The Morgan fingerprint density at radius 2 is 1.84 bits per heavy atom. The Balaban J connectivity index is 1.97. The van der Waals surface area contributed by atoms with E-state index in [1.165, 1.54) is 6.07 Å². The SMILES string of the molecule is CCN1CCN(Nc2cccc(C(F)(F)F)c2)CC1. The zero-order valence-electron chi connectivity index (χ0n) is 10.9. The topological polar surface area (TPSA) is 18.5 Å². The summed E-state index contributed by atoms with van der Waals surface area (Å²) in [4.78, 5) is 2.31. The van der Waals surface area contributed by atoms with Gasteiger partial charge >= 0.3 is 6.18 Å². The van der Waals surface area contributed by atoms with E-state index >= 15 is 0 Å². The third-order valence-electron chi connectivity index (χ3n) is 3.30. The largest absolute Gasteiger partial charge is 0.416 e. The molecule has 1 saturated heterocycles. The fourth-order valence-electron chi connectivity index (χ4n) is 2.12. The number of nitrogens with one attached hydrogen (secondary N) is 1. The molecule has 106 valence electrons. The van der Waals surface area contributed by atoms with Crippen LogP contribution in [0.5, 0.6) is 0 Å². The molecule has 3 nitrogen and oxygen atoms in total. The molecule has 1 aromatic carbocycles. The van der Waals surface area contributed by atoms with Crippen LogP contribution in [0.2, 0.25) is 0 Å². The van der Waals surface area contributed by atoms with Gasteiger partial charge in [0.25, 0.3) is 0 Å². The first-order valence-electron chi connectivity index (χ1n) is 6.40. The number of rotatable bonds is 3. The Kier molecular flexibility index (Phi) is 4.31. The number of anilines is 1. The Hall–Kier alpha value is -1.27. The molecular formula is C13H18F3N3. The molecule has 1 aliphatic rings. The number of benzene rings is 1. The van der Waals surface area contributed by atoms with Crippen molar-refractivity contribution in [3.8, 4) is 0 Å². The van der Waals surface area contributed by atoms with Crippen LogP contribution in [-0.4, -0.2) is 42.6 Å². The van der Waals surface area contributed by atoms with Gasteiger partial charge in [-0.15, -0.1) is 0 Å². The van der Waals surface area contributed by atoms with Crippen LogP contribution >= 0.6 is 0 Å². The summed E-state index contributed by atoms with van der Waals surface area (Å²) in [5.74, 6) is 0. The van der Waals surface area contributed by atoms with Crippen molar-refractivity contribution in [1.82, 2.24) is 9.91 Å². The molecule has 1 aliphatic heterocycles. The van der Waals surface area contributed by atoms with Crippen LogP contribution in [0, 0.1) is 0 Å². The van der Waals surface area contributed by atoms with Crippen molar-refractivity contribution < 1.29 is 13.2 Å². The van der Waals surface area contributed by atoms with Gasteiger partial charge in [0, 0.05) is 31.9 Å². The van der Waals surface area contributed by atoms with E-state index < -0.39 is 11.7 Å². The van der Waals surface area contributed by atoms with Crippen LogP contribution in [0.1, 0.15) is 12.5 Å². The van der Waals surface area contributed by atoms with Gasteiger partial charge in [0.15, 0.2) is 0 Å². The van der Waals surface area contributed by atoms with E-state index in [2.05, 4.69) is 17.2 Å². The van der Waals surface area contributed by atoms with Crippen molar-refractivity contribution in [3.63, 3.8) is 0 Å².